The molecule has 0 aliphatic carbocycles. The summed E-state index contributed by atoms with van der Waals surface area (Å²) in [7, 11) is 0. The number of anilines is 1. The van der Waals surface area contributed by atoms with Crippen LogP contribution in [0.25, 0.3) is 11.8 Å². The molecular weight excluding hydrogens is 302 g/mol. The molecule has 0 saturated heterocycles. The van der Waals surface area contributed by atoms with Gasteiger partial charge in [0.15, 0.2) is 0 Å². The van der Waals surface area contributed by atoms with E-state index in [0.717, 1.165) is 5.69 Å². The van der Waals surface area contributed by atoms with Crippen LogP contribution in [-0.4, -0.2) is 9.91 Å². The number of benzene rings is 2. The molecule has 0 aliphatic heterocycles. The number of pyridine rings is 1. The molecule has 0 aliphatic rings. The molecule has 0 fully saturated rings. The van der Waals surface area contributed by atoms with Crippen LogP contribution in [0.5, 0.6) is 0 Å². The van der Waals surface area contributed by atoms with Gasteiger partial charge in [-0.25, -0.2) is 0 Å². The van der Waals surface area contributed by atoms with Gasteiger partial charge in [-0.1, -0.05) is 36.4 Å². The normalized spacial score (nSPS) is 11.1. The third kappa shape index (κ3) is 3.64. The highest BCUT2D eigenvalue weighted by molar-refractivity contribution is 5.88. The van der Waals surface area contributed by atoms with Gasteiger partial charge in [-0.05, 0) is 36.4 Å². The van der Waals surface area contributed by atoms with E-state index in [4.69, 9.17) is 0 Å². The fourth-order valence-corrected chi connectivity index (χ4v) is 2.30. The van der Waals surface area contributed by atoms with Gasteiger partial charge in [0.25, 0.3) is 5.69 Å². The van der Waals surface area contributed by atoms with Gasteiger partial charge in [-0.3, -0.25) is 15.1 Å². The van der Waals surface area contributed by atoms with E-state index in [1.54, 1.807) is 30.5 Å². The Morgan fingerprint density at radius 3 is 2.38 bits per heavy atom. The molecule has 5 nitrogen and oxygen atoms in total. The third-order valence-electron chi connectivity index (χ3n) is 3.43. The lowest BCUT2D eigenvalue weighted by molar-refractivity contribution is -0.385. The number of para-hydroxylation sites is 2. The number of rotatable bonds is 5. The Labute approximate surface area is 139 Å². The first kappa shape index (κ1) is 15.4. The highest BCUT2D eigenvalue weighted by atomic mass is 16.6. The number of nitro groups is 1. The van der Waals surface area contributed by atoms with Crippen LogP contribution >= 0.6 is 0 Å². The van der Waals surface area contributed by atoms with Crippen molar-refractivity contribution in [2.75, 3.05) is 5.32 Å². The van der Waals surface area contributed by atoms with Crippen LogP contribution in [-0.2, 0) is 0 Å². The number of hydrogen-bond donors (Lipinski definition) is 1. The molecule has 0 unspecified atom stereocenters. The molecule has 118 valence electrons. The lowest BCUT2D eigenvalue weighted by Gasteiger charge is -2.11. The Bertz CT molecular complexity index is 862. The molecule has 24 heavy (non-hydrogen) atoms. The number of nitrogens with one attached hydrogen (secondary N) is 1. The summed E-state index contributed by atoms with van der Waals surface area (Å²) in [5.74, 6) is 0. The smallest absolute Gasteiger partial charge is 0.276 e. The van der Waals surface area contributed by atoms with E-state index >= 15 is 0 Å². The molecule has 3 aromatic rings. The zero-order chi connectivity index (χ0) is 16.8. The van der Waals surface area contributed by atoms with Crippen molar-refractivity contribution in [3.63, 3.8) is 0 Å². The van der Waals surface area contributed by atoms with E-state index in [0.29, 0.717) is 17.0 Å². The molecule has 1 heterocycles. The minimum atomic E-state index is -0.385. The molecule has 0 bridgehead atoms. The minimum absolute atomic E-state index is 0.0563. The summed E-state index contributed by atoms with van der Waals surface area (Å²) in [5, 5.41) is 14.5. The molecule has 0 spiro atoms. The topological polar surface area (TPSA) is 68.1 Å². The lowest BCUT2D eigenvalue weighted by Crippen LogP contribution is -2.01. The Balaban J connectivity index is 2.06. The molecule has 0 amide bonds. The number of aromatic nitrogens is 1. The lowest BCUT2D eigenvalue weighted by atomic mass is 10.1. The van der Waals surface area contributed by atoms with Gasteiger partial charge >= 0.3 is 0 Å². The third-order valence-corrected chi connectivity index (χ3v) is 3.43. The summed E-state index contributed by atoms with van der Waals surface area (Å²) < 4.78 is 0. The van der Waals surface area contributed by atoms with Crippen molar-refractivity contribution in [1.82, 2.24) is 4.98 Å². The van der Waals surface area contributed by atoms with Gasteiger partial charge in [0.1, 0.15) is 0 Å². The summed E-state index contributed by atoms with van der Waals surface area (Å²) in [4.78, 5) is 15.2. The average Bonchev–Trinajstić information content (AvgIpc) is 2.63. The second kappa shape index (κ2) is 7.19. The predicted molar refractivity (Wildman–Crippen MR) is 95.3 cm³/mol. The van der Waals surface area contributed by atoms with Crippen molar-refractivity contribution in [3.8, 4) is 0 Å². The Kier molecular flexibility index (Phi) is 4.62. The van der Waals surface area contributed by atoms with E-state index in [1.807, 2.05) is 48.5 Å². The highest BCUT2D eigenvalue weighted by Gasteiger charge is 2.12. The highest BCUT2D eigenvalue weighted by Crippen LogP contribution is 2.25. The van der Waals surface area contributed by atoms with Crippen LogP contribution < -0.4 is 5.32 Å². The van der Waals surface area contributed by atoms with Crippen molar-refractivity contribution in [2.45, 2.75) is 0 Å². The molecule has 1 N–H and O–H groups in total. The van der Waals surface area contributed by atoms with E-state index < -0.39 is 0 Å². The Morgan fingerprint density at radius 1 is 0.958 bits per heavy atom. The maximum atomic E-state index is 11.2. The summed E-state index contributed by atoms with van der Waals surface area (Å²) in [5.41, 5.74) is 2.86. The summed E-state index contributed by atoms with van der Waals surface area (Å²) >= 11 is 0. The van der Waals surface area contributed by atoms with Gasteiger partial charge in [0.2, 0.25) is 0 Å². The SMILES string of the molecule is O=[N+]([O-])c1ccccc1/C=C(\Nc1ccccc1)c1ccccn1. The van der Waals surface area contributed by atoms with E-state index in [2.05, 4.69) is 10.3 Å². The Morgan fingerprint density at radius 2 is 1.67 bits per heavy atom. The van der Waals surface area contributed by atoms with E-state index in [-0.39, 0.29) is 10.6 Å². The zero-order valence-electron chi connectivity index (χ0n) is 12.8. The van der Waals surface area contributed by atoms with Gasteiger partial charge in [0.05, 0.1) is 21.9 Å². The first-order valence-electron chi connectivity index (χ1n) is 7.42. The van der Waals surface area contributed by atoms with Crippen molar-refractivity contribution in [2.24, 2.45) is 0 Å². The van der Waals surface area contributed by atoms with Crippen molar-refractivity contribution in [1.29, 1.82) is 0 Å². The van der Waals surface area contributed by atoms with Gasteiger partial charge in [0, 0.05) is 18.0 Å². The second-order valence-corrected chi connectivity index (χ2v) is 5.08. The van der Waals surface area contributed by atoms with Crippen LogP contribution in [0, 0.1) is 10.1 Å². The maximum Gasteiger partial charge on any atom is 0.276 e. The molecule has 2 aromatic carbocycles. The van der Waals surface area contributed by atoms with Crippen LogP contribution in [0.1, 0.15) is 11.3 Å². The monoisotopic (exact) mass is 317 g/mol. The fraction of sp³-hybridized carbons (Fsp3) is 0. The van der Waals surface area contributed by atoms with Crippen LogP contribution in [0.4, 0.5) is 11.4 Å². The van der Waals surface area contributed by atoms with Gasteiger partial charge in [-0.2, -0.15) is 0 Å². The summed E-state index contributed by atoms with van der Waals surface area (Å²) in [6.07, 6.45) is 3.43. The molecule has 1 aromatic heterocycles. The van der Waals surface area contributed by atoms with Crippen LogP contribution in [0.3, 0.4) is 0 Å². The molecule has 0 atom stereocenters. The number of hydrogen-bond acceptors (Lipinski definition) is 4. The van der Waals surface area contributed by atoms with Crippen molar-refractivity contribution < 1.29 is 4.92 Å². The first-order chi connectivity index (χ1) is 11.7. The number of nitrogens with zero attached hydrogens (tertiary/aromatic N) is 2. The predicted octanol–water partition coefficient (Wildman–Crippen LogP) is 4.60. The largest absolute Gasteiger partial charge is 0.354 e. The molecular formula is C19H15N3O2. The van der Waals surface area contributed by atoms with Crippen LogP contribution in [0.15, 0.2) is 79.0 Å². The van der Waals surface area contributed by atoms with Crippen LogP contribution in [0.2, 0.25) is 0 Å². The molecule has 0 saturated carbocycles. The first-order valence-corrected chi connectivity index (χ1v) is 7.42. The van der Waals surface area contributed by atoms with Crippen molar-refractivity contribution in [3.05, 3.63) is 100 Å². The summed E-state index contributed by atoms with van der Waals surface area (Å²) in [6, 6.07) is 21.8. The van der Waals surface area contributed by atoms with E-state index in [9.17, 15) is 10.1 Å². The molecule has 3 rings (SSSR count). The van der Waals surface area contributed by atoms with Gasteiger partial charge < -0.3 is 5.32 Å². The standard InChI is InChI=1S/C19H15N3O2/c23-22(24)19-12-5-4-8-15(19)14-18(17-11-6-7-13-20-17)21-16-9-2-1-3-10-16/h1-14,21H/b18-14-. The maximum absolute atomic E-state index is 11.2. The minimum Gasteiger partial charge on any atom is -0.354 e. The number of nitro benzene ring substituents is 1. The van der Waals surface area contributed by atoms with Crippen molar-refractivity contribution >= 4 is 23.1 Å². The average molecular weight is 317 g/mol. The zero-order valence-corrected chi connectivity index (χ0v) is 12.8. The van der Waals surface area contributed by atoms with E-state index in [1.165, 1.54) is 6.07 Å². The summed E-state index contributed by atoms with van der Waals surface area (Å²) in [6.45, 7) is 0. The quantitative estimate of drug-likeness (QED) is 0.551. The molecule has 5 heteroatoms. The fourth-order valence-electron chi connectivity index (χ4n) is 2.30. The molecule has 0 radical (unpaired) electrons. The van der Waals surface area contributed by atoms with Gasteiger partial charge in [-0.15, -0.1) is 0 Å². The Hall–Kier alpha value is -3.47. The second-order valence-electron chi connectivity index (χ2n) is 5.08.